The highest BCUT2D eigenvalue weighted by Gasteiger charge is 2.26. The summed E-state index contributed by atoms with van der Waals surface area (Å²) in [6.07, 6.45) is 4.04. The number of carbonyl (C=O) groups excluding carboxylic acids is 1. The Bertz CT molecular complexity index is 768. The average Bonchev–Trinajstić information content (AvgIpc) is 3.38. The van der Waals surface area contributed by atoms with E-state index in [4.69, 9.17) is 4.74 Å². The summed E-state index contributed by atoms with van der Waals surface area (Å²) in [5, 5.41) is 11.8. The van der Waals surface area contributed by atoms with E-state index in [-0.39, 0.29) is 17.9 Å². The highest BCUT2D eigenvalue weighted by Crippen LogP contribution is 2.30. The lowest BCUT2D eigenvalue weighted by molar-refractivity contribution is -0.126. The summed E-state index contributed by atoms with van der Waals surface area (Å²) < 4.78 is 6.65. The van der Waals surface area contributed by atoms with Crippen LogP contribution in [0.2, 0.25) is 0 Å². The molecule has 27 heavy (non-hydrogen) atoms. The summed E-state index contributed by atoms with van der Waals surface area (Å²) in [4.78, 5) is 15.7. The number of ether oxygens (including phenoxy) is 1. The van der Waals surface area contributed by atoms with Crippen LogP contribution in [0.1, 0.15) is 25.7 Å². The predicted octanol–water partition coefficient (Wildman–Crippen LogP) is 3.48. The van der Waals surface area contributed by atoms with Crippen molar-refractivity contribution in [3.05, 3.63) is 28.1 Å². The number of aromatic nitrogens is 2. The van der Waals surface area contributed by atoms with Crippen LogP contribution in [0.4, 0.5) is 5.82 Å². The molecule has 1 amide bonds. The molecule has 8 heteroatoms. The largest absolute Gasteiger partial charge is 0.376 e. The van der Waals surface area contributed by atoms with Crippen molar-refractivity contribution >= 4 is 39.0 Å². The van der Waals surface area contributed by atoms with Crippen molar-refractivity contribution < 1.29 is 9.53 Å². The molecule has 0 radical (unpaired) electrons. The molecule has 0 aromatic carbocycles. The van der Waals surface area contributed by atoms with E-state index >= 15 is 0 Å². The monoisotopic (exact) mass is 450 g/mol. The van der Waals surface area contributed by atoms with E-state index < -0.39 is 0 Å². The molecule has 2 aliphatic heterocycles. The third-order valence-electron chi connectivity index (χ3n) is 5.19. The molecule has 2 aromatic heterocycles. The van der Waals surface area contributed by atoms with Gasteiger partial charge in [-0.1, -0.05) is 0 Å². The van der Waals surface area contributed by atoms with Crippen LogP contribution < -0.4 is 10.2 Å². The topological polar surface area (TPSA) is 67.3 Å². The van der Waals surface area contributed by atoms with Crippen LogP contribution in [-0.2, 0) is 9.53 Å². The number of nitrogens with one attached hydrogen (secondary N) is 1. The van der Waals surface area contributed by atoms with Crippen LogP contribution in [0.5, 0.6) is 0 Å². The van der Waals surface area contributed by atoms with Gasteiger partial charge in [0.1, 0.15) is 5.69 Å². The number of thiophene rings is 1. The molecule has 0 spiro atoms. The second-order valence-electron chi connectivity index (χ2n) is 7.02. The van der Waals surface area contributed by atoms with Gasteiger partial charge in [0.25, 0.3) is 0 Å². The first-order valence-electron chi connectivity index (χ1n) is 9.43. The molecule has 6 nitrogen and oxygen atoms in total. The number of piperidine rings is 1. The van der Waals surface area contributed by atoms with Crippen LogP contribution in [0, 0.1) is 5.92 Å². The molecule has 1 atom stereocenters. The lowest BCUT2D eigenvalue weighted by Gasteiger charge is -2.32. The van der Waals surface area contributed by atoms with Gasteiger partial charge in [0.15, 0.2) is 5.82 Å². The minimum Gasteiger partial charge on any atom is -0.376 e. The van der Waals surface area contributed by atoms with Crippen LogP contribution in [-0.4, -0.2) is 48.4 Å². The molecule has 144 valence electrons. The minimum absolute atomic E-state index is 0.0818. The Kier molecular flexibility index (Phi) is 6.04. The summed E-state index contributed by atoms with van der Waals surface area (Å²) in [6.45, 7) is 3.13. The maximum Gasteiger partial charge on any atom is 0.223 e. The number of anilines is 1. The second kappa shape index (κ2) is 8.67. The van der Waals surface area contributed by atoms with Crippen LogP contribution >= 0.6 is 27.3 Å². The maximum absolute atomic E-state index is 12.4. The smallest absolute Gasteiger partial charge is 0.223 e. The second-order valence-corrected chi connectivity index (χ2v) is 9.49. The molecule has 0 unspecified atom stereocenters. The number of halogens is 1. The lowest BCUT2D eigenvalue weighted by atomic mass is 9.96. The van der Waals surface area contributed by atoms with E-state index in [0.29, 0.717) is 6.54 Å². The fourth-order valence-electron chi connectivity index (χ4n) is 3.61. The Morgan fingerprint density at radius 3 is 2.70 bits per heavy atom. The first-order chi connectivity index (χ1) is 13.2. The molecule has 2 aromatic rings. The molecule has 2 fully saturated rings. The Balaban J connectivity index is 1.27. The summed E-state index contributed by atoms with van der Waals surface area (Å²) in [6, 6.07) is 8.10. The van der Waals surface area contributed by atoms with Gasteiger partial charge in [-0.2, -0.15) is 0 Å². The van der Waals surface area contributed by atoms with E-state index in [1.165, 1.54) is 0 Å². The Hall–Kier alpha value is -1.51. The van der Waals surface area contributed by atoms with Gasteiger partial charge in [0.05, 0.1) is 14.8 Å². The zero-order chi connectivity index (χ0) is 18.6. The van der Waals surface area contributed by atoms with E-state index in [1.807, 2.05) is 24.3 Å². The zero-order valence-electron chi connectivity index (χ0n) is 15.1. The molecular formula is C19H23BrN4O2S. The zero-order valence-corrected chi connectivity index (χ0v) is 17.5. The standard InChI is InChI=1S/C19H23BrN4O2S/c20-17-5-4-16(27-17)15-3-6-18(23-22-15)24-9-7-13(8-10-24)19(25)21-12-14-2-1-11-26-14/h3-6,13-14H,1-2,7-12H2,(H,21,25)/t14-/m1/s1. The van der Waals surface area contributed by atoms with Gasteiger partial charge in [-0.3, -0.25) is 4.79 Å². The molecular weight excluding hydrogens is 428 g/mol. The number of amides is 1. The summed E-state index contributed by atoms with van der Waals surface area (Å²) in [5.41, 5.74) is 0.887. The summed E-state index contributed by atoms with van der Waals surface area (Å²) in [7, 11) is 0. The maximum atomic E-state index is 12.4. The van der Waals surface area contributed by atoms with Crippen molar-refractivity contribution in [3.63, 3.8) is 0 Å². The van der Waals surface area contributed by atoms with Crippen molar-refractivity contribution in [2.24, 2.45) is 5.92 Å². The fraction of sp³-hybridized carbons (Fsp3) is 0.526. The van der Waals surface area contributed by atoms with E-state index in [1.54, 1.807) is 11.3 Å². The van der Waals surface area contributed by atoms with E-state index in [0.717, 1.165) is 65.6 Å². The van der Waals surface area contributed by atoms with Crippen molar-refractivity contribution in [1.82, 2.24) is 15.5 Å². The summed E-state index contributed by atoms with van der Waals surface area (Å²) in [5.74, 6) is 1.13. The Labute approximate surface area is 171 Å². The van der Waals surface area contributed by atoms with Gasteiger partial charge < -0.3 is 15.0 Å². The van der Waals surface area contributed by atoms with Gasteiger partial charge >= 0.3 is 0 Å². The highest BCUT2D eigenvalue weighted by atomic mass is 79.9. The Morgan fingerprint density at radius 1 is 1.22 bits per heavy atom. The van der Waals surface area contributed by atoms with Gasteiger partial charge in [0, 0.05) is 32.2 Å². The van der Waals surface area contributed by atoms with E-state index in [9.17, 15) is 4.79 Å². The van der Waals surface area contributed by atoms with Gasteiger partial charge in [-0.25, -0.2) is 0 Å². The fourth-order valence-corrected chi connectivity index (χ4v) is 4.96. The predicted molar refractivity (Wildman–Crippen MR) is 110 cm³/mol. The number of nitrogens with zero attached hydrogens (tertiary/aromatic N) is 3. The quantitative estimate of drug-likeness (QED) is 0.754. The number of carbonyl (C=O) groups is 1. The minimum atomic E-state index is 0.0818. The van der Waals surface area contributed by atoms with Crippen LogP contribution in [0.3, 0.4) is 0 Å². The highest BCUT2D eigenvalue weighted by molar-refractivity contribution is 9.11. The molecule has 1 N–H and O–H groups in total. The van der Waals surface area contributed by atoms with Crippen molar-refractivity contribution in [2.45, 2.75) is 31.8 Å². The van der Waals surface area contributed by atoms with E-state index in [2.05, 4.69) is 36.3 Å². The molecule has 4 heterocycles. The third-order valence-corrected chi connectivity index (χ3v) is 6.84. The number of hydrogen-bond donors (Lipinski definition) is 1. The normalized spacial score (nSPS) is 20.8. The number of rotatable bonds is 5. The summed E-state index contributed by atoms with van der Waals surface area (Å²) >= 11 is 5.12. The molecule has 0 saturated carbocycles. The molecule has 2 saturated heterocycles. The first kappa shape index (κ1) is 18.8. The Morgan fingerprint density at radius 2 is 2.07 bits per heavy atom. The van der Waals surface area contributed by atoms with Crippen molar-refractivity contribution in [2.75, 3.05) is 31.1 Å². The van der Waals surface area contributed by atoms with Gasteiger partial charge in [-0.05, 0) is 65.9 Å². The van der Waals surface area contributed by atoms with Crippen molar-refractivity contribution in [1.29, 1.82) is 0 Å². The third kappa shape index (κ3) is 4.67. The van der Waals surface area contributed by atoms with Gasteiger partial charge in [-0.15, -0.1) is 21.5 Å². The molecule has 0 bridgehead atoms. The number of hydrogen-bond acceptors (Lipinski definition) is 6. The average molecular weight is 451 g/mol. The van der Waals surface area contributed by atoms with Crippen molar-refractivity contribution in [3.8, 4) is 10.6 Å². The SMILES string of the molecule is O=C(NC[C@H]1CCCO1)C1CCN(c2ccc(-c3ccc(Br)s3)nn2)CC1. The molecule has 2 aliphatic rings. The van der Waals surface area contributed by atoms with Crippen LogP contribution in [0.25, 0.3) is 10.6 Å². The molecule has 0 aliphatic carbocycles. The van der Waals surface area contributed by atoms with Crippen LogP contribution in [0.15, 0.2) is 28.1 Å². The first-order valence-corrected chi connectivity index (χ1v) is 11.0. The molecule has 4 rings (SSSR count). The lowest BCUT2D eigenvalue weighted by Crippen LogP contribution is -2.42. The van der Waals surface area contributed by atoms with Gasteiger partial charge in [0.2, 0.25) is 5.91 Å².